The lowest BCUT2D eigenvalue weighted by atomic mass is 10.1. The van der Waals surface area contributed by atoms with Gasteiger partial charge in [-0.3, -0.25) is 4.79 Å². The van der Waals surface area contributed by atoms with Gasteiger partial charge in [0, 0.05) is 12.1 Å². The Balaban J connectivity index is 1.98. The second-order valence-electron chi connectivity index (χ2n) is 5.37. The molecule has 0 aromatic heterocycles. The molecule has 0 radical (unpaired) electrons. The Labute approximate surface area is 119 Å². The van der Waals surface area contributed by atoms with Gasteiger partial charge in [0.05, 0.1) is 4.90 Å². The molecule has 1 amide bonds. The Bertz CT molecular complexity index is 607. The fourth-order valence-electron chi connectivity index (χ4n) is 2.15. The van der Waals surface area contributed by atoms with Gasteiger partial charge in [-0.1, -0.05) is 18.9 Å². The first-order valence-corrected chi connectivity index (χ1v) is 8.34. The van der Waals surface area contributed by atoms with Gasteiger partial charge in [-0.25, -0.2) is 13.6 Å². The molecule has 0 heterocycles. The van der Waals surface area contributed by atoms with Gasteiger partial charge in [0.15, 0.2) is 0 Å². The molecule has 20 heavy (non-hydrogen) atoms. The average molecular weight is 296 g/mol. The number of nitrogens with two attached hydrogens (primary N) is 1. The van der Waals surface area contributed by atoms with E-state index in [0.717, 1.165) is 18.8 Å². The zero-order chi connectivity index (χ0) is 14.8. The van der Waals surface area contributed by atoms with Crippen LogP contribution in [0.15, 0.2) is 23.1 Å². The molecule has 5 nitrogen and oxygen atoms in total. The molecule has 1 aromatic rings. The maximum absolute atomic E-state index is 11.9. The van der Waals surface area contributed by atoms with Crippen LogP contribution in [0.3, 0.4) is 0 Å². The molecule has 0 aliphatic heterocycles. The van der Waals surface area contributed by atoms with E-state index in [0.29, 0.717) is 17.7 Å². The minimum absolute atomic E-state index is 0.00290. The van der Waals surface area contributed by atoms with Crippen molar-refractivity contribution in [1.82, 2.24) is 5.32 Å². The number of primary sulfonamides is 1. The summed E-state index contributed by atoms with van der Waals surface area (Å²) in [5.41, 5.74) is 0.865. The number of benzene rings is 1. The third-order valence-corrected chi connectivity index (χ3v) is 4.58. The molecule has 0 bridgehead atoms. The molecule has 0 saturated heterocycles. The molecule has 1 aliphatic carbocycles. The molecular formula is C14H20N2O3S. The van der Waals surface area contributed by atoms with E-state index in [1.54, 1.807) is 19.1 Å². The van der Waals surface area contributed by atoms with Crippen LogP contribution in [0.1, 0.15) is 41.6 Å². The summed E-state index contributed by atoms with van der Waals surface area (Å²) in [5.74, 6) is 0.589. The first-order chi connectivity index (χ1) is 9.38. The predicted molar refractivity (Wildman–Crippen MR) is 76.8 cm³/mol. The van der Waals surface area contributed by atoms with E-state index >= 15 is 0 Å². The number of sulfonamides is 1. The molecule has 110 valence electrons. The van der Waals surface area contributed by atoms with Gasteiger partial charge in [-0.2, -0.15) is 0 Å². The molecule has 0 atom stereocenters. The topological polar surface area (TPSA) is 89.3 Å². The molecule has 2 rings (SSSR count). The second kappa shape index (κ2) is 5.93. The minimum Gasteiger partial charge on any atom is -0.352 e. The lowest BCUT2D eigenvalue weighted by molar-refractivity contribution is 0.0952. The standard InChI is InChI=1S/C14H20N2O3S/c1-10-4-7-12(9-13(10)20(15,18)19)14(17)16-8-2-3-11-5-6-11/h4,7,9,11H,2-3,5-6,8H2,1H3,(H,16,17)(H2,15,18,19). The van der Waals surface area contributed by atoms with E-state index in [4.69, 9.17) is 5.14 Å². The molecule has 1 saturated carbocycles. The minimum atomic E-state index is -3.80. The maximum atomic E-state index is 11.9. The lowest BCUT2D eigenvalue weighted by Gasteiger charge is -2.08. The van der Waals surface area contributed by atoms with Crippen LogP contribution in [0.5, 0.6) is 0 Å². The number of nitrogens with one attached hydrogen (secondary N) is 1. The fourth-order valence-corrected chi connectivity index (χ4v) is 2.96. The first-order valence-electron chi connectivity index (χ1n) is 6.79. The van der Waals surface area contributed by atoms with Crippen molar-refractivity contribution in [2.45, 2.75) is 37.5 Å². The number of aryl methyl sites for hydroxylation is 1. The smallest absolute Gasteiger partial charge is 0.251 e. The summed E-state index contributed by atoms with van der Waals surface area (Å²) in [4.78, 5) is 12.0. The highest BCUT2D eigenvalue weighted by Crippen LogP contribution is 2.33. The highest BCUT2D eigenvalue weighted by Gasteiger charge is 2.20. The molecule has 1 aliphatic rings. The maximum Gasteiger partial charge on any atom is 0.251 e. The molecule has 0 spiro atoms. The van der Waals surface area contributed by atoms with Crippen LogP contribution < -0.4 is 10.5 Å². The molecule has 3 N–H and O–H groups in total. The van der Waals surface area contributed by atoms with Crippen molar-refractivity contribution in [3.8, 4) is 0 Å². The van der Waals surface area contributed by atoms with Crippen LogP contribution in [-0.2, 0) is 10.0 Å². The van der Waals surface area contributed by atoms with E-state index in [1.807, 2.05) is 0 Å². The van der Waals surface area contributed by atoms with Gasteiger partial charge in [0.2, 0.25) is 10.0 Å². The summed E-state index contributed by atoms with van der Waals surface area (Å²) in [6, 6.07) is 4.54. The predicted octanol–water partition coefficient (Wildman–Crippen LogP) is 1.56. The van der Waals surface area contributed by atoms with Gasteiger partial charge < -0.3 is 5.32 Å². The van der Waals surface area contributed by atoms with Crippen molar-refractivity contribution in [2.24, 2.45) is 11.1 Å². The molecule has 0 unspecified atom stereocenters. The third-order valence-electron chi connectivity index (χ3n) is 3.53. The number of carbonyl (C=O) groups excluding carboxylic acids is 1. The van der Waals surface area contributed by atoms with Gasteiger partial charge in [0.25, 0.3) is 5.91 Å². The zero-order valence-electron chi connectivity index (χ0n) is 11.6. The van der Waals surface area contributed by atoms with Gasteiger partial charge in [-0.15, -0.1) is 0 Å². The Kier molecular flexibility index (Phi) is 4.45. The van der Waals surface area contributed by atoms with Crippen molar-refractivity contribution in [3.05, 3.63) is 29.3 Å². The van der Waals surface area contributed by atoms with E-state index in [9.17, 15) is 13.2 Å². The van der Waals surface area contributed by atoms with Crippen LogP contribution >= 0.6 is 0 Å². The van der Waals surface area contributed by atoms with Crippen LogP contribution in [0.25, 0.3) is 0 Å². The van der Waals surface area contributed by atoms with E-state index in [2.05, 4.69) is 5.32 Å². The quantitative estimate of drug-likeness (QED) is 0.781. The van der Waals surface area contributed by atoms with Crippen molar-refractivity contribution in [1.29, 1.82) is 0 Å². The van der Waals surface area contributed by atoms with Gasteiger partial charge in [0.1, 0.15) is 0 Å². The van der Waals surface area contributed by atoms with Crippen LogP contribution in [0, 0.1) is 12.8 Å². The number of amides is 1. The number of carbonyl (C=O) groups is 1. The highest BCUT2D eigenvalue weighted by atomic mass is 32.2. The summed E-state index contributed by atoms with van der Waals surface area (Å²) in [7, 11) is -3.80. The lowest BCUT2D eigenvalue weighted by Crippen LogP contribution is -2.25. The van der Waals surface area contributed by atoms with Crippen molar-refractivity contribution in [2.75, 3.05) is 6.54 Å². The van der Waals surface area contributed by atoms with E-state index in [1.165, 1.54) is 18.9 Å². The average Bonchev–Trinajstić information content (AvgIpc) is 3.17. The number of rotatable bonds is 6. The van der Waals surface area contributed by atoms with Crippen molar-refractivity contribution < 1.29 is 13.2 Å². The summed E-state index contributed by atoms with van der Waals surface area (Å²) >= 11 is 0. The van der Waals surface area contributed by atoms with Gasteiger partial charge in [-0.05, 0) is 43.4 Å². The molecule has 1 aromatic carbocycles. The number of hydrogen-bond donors (Lipinski definition) is 2. The largest absolute Gasteiger partial charge is 0.352 e. The van der Waals surface area contributed by atoms with Crippen LogP contribution in [0.2, 0.25) is 0 Å². The van der Waals surface area contributed by atoms with Crippen LogP contribution in [0.4, 0.5) is 0 Å². The zero-order valence-corrected chi connectivity index (χ0v) is 12.4. The van der Waals surface area contributed by atoms with Crippen LogP contribution in [-0.4, -0.2) is 20.9 Å². The molecule has 6 heteroatoms. The van der Waals surface area contributed by atoms with Crippen molar-refractivity contribution >= 4 is 15.9 Å². The molecular weight excluding hydrogens is 276 g/mol. The Morgan fingerprint density at radius 2 is 2.10 bits per heavy atom. The Morgan fingerprint density at radius 1 is 1.40 bits per heavy atom. The summed E-state index contributed by atoms with van der Waals surface area (Å²) in [6.45, 7) is 2.27. The third kappa shape index (κ3) is 4.05. The summed E-state index contributed by atoms with van der Waals surface area (Å²) in [5, 5.41) is 7.93. The normalized spacial score (nSPS) is 15.1. The van der Waals surface area contributed by atoms with E-state index in [-0.39, 0.29) is 10.8 Å². The molecule has 1 fully saturated rings. The van der Waals surface area contributed by atoms with E-state index < -0.39 is 10.0 Å². The Morgan fingerprint density at radius 3 is 2.70 bits per heavy atom. The summed E-state index contributed by atoms with van der Waals surface area (Å²) in [6.07, 6.45) is 4.73. The Hall–Kier alpha value is -1.40. The fraction of sp³-hybridized carbons (Fsp3) is 0.500. The second-order valence-corrected chi connectivity index (χ2v) is 6.90. The monoisotopic (exact) mass is 296 g/mol. The van der Waals surface area contributed by atoms with Gasteiger partial charge >= 0.3 is 0 Å². The highest BCUT2D eigenvalue weighted by molar-refractivity contribution is 7.89. The SMILES string of the molecule is Cc1ccc(C(=O)NCCCC2CC2)cc1S(N)(=O)=O. The van der Waals surface area contributed by atoms with Crippen molar-refractivity contribution in [3.63, 3.8) is 0 Å². The summed E-state index contributed by atoms with van der Waals surface area (Å²) < 4.78 is 22.8. The first kappa shape index (κ1) is 15.0. The number of hydrogen-bond acceptors (Lipinski definition) is 3.